The lowest BCUT2D eigenvalue weighted by Crippen LogP contribution is -2.35. The number of carbonyl (C=O) groups excluding carboxylic acids is 6. The summed E-state index contributed by atoms with van der Waals surface area (Å²) in [5, 5.41) is 0. The molecule has 1 saturated heterocycles. The Bertz CT molecular complexity index is 1800. The fourth-order valence-electron chi connectivity index (χ4n) is 11.0. The van der Waals surface area contributed by atoms with Crippen molar-refractivity contribution in [3.05, 3.63) is 0 Å². The number of hydrogen-bond donors (Lipinski definition) is 0. The standard InChI is InChI=1S/C25H44O6.C21H36O6.C21H38O6/c1-5-22(31-20-13-8-7-9-14-20)30-18-19-12-10-11-15-21(19)23(26)28-16-17-29-24(27)25(3,4)6-2;1-4-21(2,3)20(23)26-14-13-25-19(22)17-10-6-5-9-16(17)15-27-18-11-7-8-12-24-18;1-6-18(24-8-3)27-15-16-11-9-10-12-17(16)19(22)25-13-14-26-20(23)21(4,5)7-2/h19-22H,5-18H2,1-4H3;16-18H,4-15H2,1-3H3;16-18H,6-15H2,1-5H3. The van der Waals surface area contributed by atoms with Crippen LogP contribution in [0.2, 0.25) is 0 Å². The van der Waals surface area contributed by atoms with Crippen LogP contribution in [-0.2, 0) is 85.6 Å². The maximum Gasteiger partial charge on any atom is 0.311 e. The largest absolute Gasteiger partial charge is 0.462 e. The smallest absolute Gasteiger partial charge is 0.311 e. The molecule has 0 aromatic rings. The average molecular weight is 1210 g/mol. The van der Waals surface area contributed by atoms with Crippen molar-refractivity contribution in [2.75, 3.05) is 72.7 Å². The van der Waals surface area contributed by atoms with Gasteiger partial charge in [-0.25, -0.2) is 0 Å². The third-order valence-corrected chi connectivity index (χ3v) is 18.2. The van der Waals surface area contributed by atoms with E-state index in [1.54, 1.807) is 0 Å². The van der Waals surface area contributed by atoms with Crippen molar-refractivity contribution < 1.29 is 85.6 Å². The molecular weight excluding hydrogens is 1090 g/mol. The lowest BCUT2D eigenvalue weighted by atomic mass is 9.79. The van der Waals surface area contributed by atoms with Crippen molar-refractivity contribution in [2.24, 2.45) is 51.8 Å². The van der Waals surface area contributed by atoms with Gasteiger partial charge in [0.05, 0.1) is 59.9 Å². The van der Waals surface area contributed by atoms with Crippen LogP contribution < -0.4 is 0 Å². The number of hydrogen-bond acceptors (Lipinski definition) is 18. The van der Waals surface area contributed by atoms with Gasteiger partial charge in [-0.15, -0.1) is 0 Å². The predicted molar refractivity (Wildman–Crippen MR) is 324 cm³/mol. The highest BCUT2D eigenvalue weighted by molar-refractivity contribution is 5.77. The zero-order valence-electron chi connectivity index (χ0n) is 55.1. The highest BCUT2D eigenvalue weighted by Gasteiger charge is 2.37. The fraction of sp³-hybridized carbons (Fsp3) is 0.910. The number of esters is 6. The minimum Gasteiger partial charge on any atom is -0.462 e. The third-order valence-electron chi connectivity index (χ3n) is 18.2. The first-order chi connectivity index (χ1) is 40.7. The lowest BCUT2D eigenvalue weighted by molar-refractivity contribution is -0.189. The van der Waals surface area contributed by atoms with E-state index >= 15 is 0 Å². The maximum atomic E-state index is 12.7. The molecule has 5 aliphatic rings. The van der Waals surface area contributed by atoms with Crippen LogP contribution in [0.4, 0.5) is 0 Å². The Morgan fingerprint density at radius 2 is 0.753 bits per heavy atom. The minimum atomic E-state index is -0.509. The molecule has 5 rings (SSSR count). The summed E-state index contributed by atoms with van der Waals surface area (Å²) in [5.74, 6) is -1.30. The molecule has 5 fully saturated rings. The summed E-state index contributed by atoms with van der Waals surface area (Å²) in [5.41, 5.74) is -1.52. The van der Waals surface area contributed by atoms with Crippen LogP contribution in [0.3, 0.4) is 0 Å². The third kappa shape index (κ3) is 28.7. The molecule has 0 radical (unpaired) electrons. The number of carbonyl (C=O) groups is 6. The quantitative estimate of drug-likeness (QED) is 0.0258. The van der Waals surface area contributed by atoms with E-state index in [9.17, 15) is 28.8 Å². The van der Waals surface area contributed by atoms with E-state index in [1.165, 1.54) is 19.3 Å². The van der Waals surface area contributed by atoms with Crippen LogP contribution in [-0.4, -0.2) is 133 Å². The first kappa shape index (κ1) is 75.8. The van der Waals surface area contributed by atoms with E-state index in [0.29, 0.717) is 51.8 Å². The normalized spacial score (nSPS) is 23.9. The van der Waals surface area contributed by atoms with Gasteiger partial charge in [-0.3, -0.25) is 28.8 Å². The Labute approximate surface area is 512 Å². The van der Waals surface area contributed by atoms with Crippen molar-refractivity contribution >= 4 is 35.8 Å². The first-order valence-electron chi connectivity index (χ1n) is 33.4. The van der Waals surface area contributed by atoms with E-state index < -0.39 is 16.2 Å². The Balaban J connectivity index is 0.000000335. The van der Waals surface area contributed by atoms with Gasteiger partial charge in [0.1, 0.15) is 39.6 Å². The molecule has 9 atom stereocenters. The molecule has 85 heavy (non-hydrogen) atoms. The van der Waals surface area contributed by atoms with E-state index in [4.69, 9.17) is 56.8 Å². The van der Waals surface area contributed by atoms with Crippen molar-refractivity contribution in [1.82, 2.24) is 0 Å². The van der Waals surface area contributed by atoms with Gasteiger partial charge in [0, 0.05) is 13.2 Å². The van der Waals surface area contributed by atoms with E-state index in [1.807, 2.05) is 76.2 Å². The summed E-state index contributed by atoms with van der Waals surface area (Å²) in [6, 6.07) is 0. The molecule has 494 valence electrons. The SMILES string of the molecule is CCC(C)(C)C(=O)OCCOC(=O)C1CCCCC1COC1CCCCO1.CCC(OCC1CCCCC1C(=O)OCCOC(=O)C(C)(C)CC)OC1CCCCC1.CCOC(CC)OCC1CCCCC1C(=O)OCCOC(=O)C(C)(C)CC. The van der Waals surface area contributed by atoms with Crippen LogP contribution in [0.1, 0.15) is 244 Å². The van der Waals surface area contributed by atoms with Gasteiger partial charge in [-0.05, 0) is 169 Å². The summed E-state index contributed by atoms with van der Waals surface area (Å²) in [7, 11) is 0. The lowest BCUT2D eigenvalue weighted by Gasteiger charge is -2.32. The molecule has 1 aliphatic heterocycles. The Kier molecular flexibility index (Phi) is 37.2. The maximum absolute atomic E-state index is 12.7. The topological polar surface area (TPSA) is 213 Å². The summed E-state index contributed by atoms with van der Waals surface area (Å²) in [6.45, 7) is 26.6. The summed E-state index contributed by atoms with van der Waals surface area (Å²) in [4.78, 5) is 73.6. The highest BCUT2D eigenvalue weighted by atomic mass is 16.7. The zero-order valence-corrected chi connectivity index (χ0v) is 55.1. The van der Waals surface area contributed by atoms with Crippen LogP contribution >= 0.6 is 0 Å². The predicted octanol–water partition coefficient (Wildman–Crippen LogP) is 13.4. The molecule has 18 heteroatoms. The molecule has 0 aromatic carbocycles. The zero-order chi connectivity index (χ0) is 62.7. The second-order valence-corrected chi connectivity index (χ2v) is 25.9. The molecule has 9 unspecified atom stereocenters. The van der Waals surface area contributed by atoms with E-state index in [0.717, 1.165) is 129 Å². The van der Waals surface area contributed by atoms with Crippen molar-refractivity contribution in [2.45, 2.75) is 269 Å². The molecular formula is C67H118O18. The van der Waals surface area contributed by atoms with Crippen molar-refractivity contribution in [3.63, 3.8) is 0 Å². The van der Waals surface area contributed by atoms with E-state index in [2.05, 4.69) is 6.92 Å². The number of rotatable bonds is 33. The van der Waals surface area contributed by atoms with Crippen LogP contribution in [0.25, 0.3) is 0 Å². The van der Waals surface area contributed by atoms with Gasteiger partial charge in [0.15, 0.2) is 18.9 Å². The van der Waals surface area contributed by atoms with Gasteiger partial charge in [-0.1, -0.05) is 92.4 Å². The highest BCUT2D eigenvalue weighted by Crippen LogP contribution is 2.35. The van der Waals surface area contributed by atoms with Gasteiger partial charge < -0.3 is 56.8 Å². The summed E-state index contributed by atoms with van der Waals surface area (Å²) < 4.78 is 67.2. The molecule has 4 saturated carbocycles. The molecule has 0 aromatic heterocycles. The molecule has 4 aliphatic carbocycles. The van der Waals surface area contributed by atoms with Crippen molar-refractivity contribution in [1.29, 1.82) is 0 Å². The van der Waals surface area contributed by atoms with Gasteiger partial charge in [-0.2, -0.15) is 0 Å². The Morgan fingerprint density at radius 3 is 1.12 bits per heavy atom. The fourth-order valence-corrected chi connectivity index (χ4v) is 11.0. The molecule has 0 amide bonds. The van der Waals surface area contributed by atoms with E-state index in [-0.39, 0.29) is 130 Å². The van der Waals surface area contributed by atoms with Crippen LogP contribution in [0.15, 0.2) is 0 Å². The monoisotopic (exact) mass is 1210 g/mol. The summed E-state index contributed by atoms with van der Waals surface area (Å²) >= 11 is 0. The Morgan fingerprint density at radius 1 is 0.400 bits per heavy atom. The van der Waals surface area contributed by atoms with Crippen LogP contribution in [0.5, 0.6) is 0 Å². The number of ether oxygens (including phenoxy) is 12. The second-order valence-electron chi connectivity index (χ2n) is 25.9. The average Bonchev–Trinajstić information content (AvgIpc) is 3.72. The van der Waals surface area contributed by atoms with Crippen molar-refractivity contribution in [3.8, 4) is 0 Å². The van der Waals surface area contributed by atoms with Crippen LogP contribution in [0, 0.1) is 51.8 Å². The second kappa shape index (κ2) is 41.7. The molecule has 0 spiro atoms. The van der Waals surface area contributed by atoms with Gasteiger partial charge in [0.2, 0.25) is 0 Å². The van der Waals surface area contributed by atoms with Gasteiger partial charge >= 0.3 is 35.8 Å². The first-order valence-corrected chi connectivity index (χ1v) is 33.4. The minimum absolute atomic E-state index is 0.101. The summed E-state index contributed by atoms with van der Waals surface area (Å²) in [6.07, 6.45) is 24.5. The molecule has 18 nitrogen and oxygen atoms in total. The molecule has 0 bridgehead atoms. The molecule has 0 N–H and O–H groups in total. The van der Waals surface area contributed by atoms with Gasteiger partial charge in [0.25, 0.3) is 0 Å². The Hall–Kier alpha value is -3.42. The molecule has 1 heterocycles.